The number of fused-ring (bicyclic) bond motifs is 1. The van der Waals surface area contributed by atoms with Crippen molar-refractivity contribution in [3.8, 4) is 0 Å². The van der Waals surface area contributed by atoms with Crippen LogP contribution in [-0.2, 0) is 19.4 Å². The average molecular weight is 276 g/mol. The lowest BCUT2D eigenvalue weighted by molar-refractivity contribution is 0.0948. The minimum absolute atomic E-state index is 0.0895. The van der Waals surface area contributed by atoms with Gasteiger partial charge in [-0.1, -0.05) is 0 Å². The van der Waals surface area contributed by atoms with Crippen LogP contribution in [0.4, 0.5) is 5.00 Å². The van der Waals surface area contributed by atoms with Gasteiger partial charge in [-0.3, -0.25) is 4.79 Å². The van der Waals surface area contributed by atoms with Crippen LogP contribution in [0.3, 0.4) is 0 Å². The zero-order valence-electron chi connectivity index (χ0n) is 10.6. The van der Waals surface area contributed by atoms with Crippen molar-refractivity contribution < 1.29 is 9.21 Å². The molecule has 0 atom stereocenters. The fourth-order valence-corrected chi connectivity index (χ4v) is 3.66. The van der Waals surface area contributed by atoms with Gasteiger partial charge in [0.2, 0.25) is 0 Å². The molecular formula is C14H16N2O2S. The number of hydrogen-bond donors (Lipinski definition) is 2. The Morgan fingerprint density at radius 3 is 3.05 bits per heavy atom. The third-order valence-corrected chi connectivity index (χ3v) is 4.55. The minimum atomic E-state index is -0.0895. The highest BCUT2D eigenvalue weighted by Gasteiger charge is 2.23. The molecule has 100 valence electrons. The van der Waals surface area contributed by atoms with Crippen molar-refractivity contribution >= 4 is 22.2 Å². The maximum absolute atomic E-state index is 12.3. The molecule has 0 fully saturated rings. The number of nitrogen functional groups attached to an aromatic ring is 1. The standard InChI is InChI=1S/C14H16N2O2S/c15-13-12(10-5-1-2-6-11(10)19-13)14(17)16-8-9-4-3-7-18-9/h3-4,7H,1-2,5-6,8,15H2,(H,16,17). The van der Waals surface area contributed by atoms with Crippen molar-refractivity contribution in [2.24, 2.45) is 0 Å². The van der Waals surface area contributed by atoms with Crippen molar-refractivity contribution in [1.29, 1.82) is 0 Å². The Hall–Kier alpha value is -1.75. The maximum atomic E-state index is 12.3. The van der Waals surface area contributed by atoms with Gasteiger partial charge in [-0.15, -0.1) is 11.3 Å². The van der Waals surface area contributed by atoms with Crippen LogP contribution >= 0.6 is 11.3 Å². The lowest BCUT2D eigenvalue weighted by Gasteiger charge is -2.12. The van der Waals surface area contributed by atoms with E-state index in [-0.39, 0.29) is 5.91 Å². The van der Waals surface area contributed by atoms with E-state index in [1.165, 1.54) is 11.3 Å². The smallest absolute Gasteiger partial charge is 0.254 e. The Morgan fingerprint density at radius 1 is 1.42 bits per heavy atom. The highest BCUT2D eigenvalue weighted by Crippen LogP contribution is 2.36. The van der Waals surface area contributed by atoms with E-state index in [1.807, 2.05) is 12.1 Å². The molecule has 0 saturated carbocycles. The summed E-state index contributed by atoms with van der Waals surface area (Å²) < 4.78 is 5.20. The number of nitrogens with two attached hydrogens (primary N) is 1. The molecule has 4 nitrogen and oxygen atoms in total. The normalized spacial score (nSPS) is 14.1. The van der Waals surface area contributed by atoms with Gasteiger partial charge >= 0.3 is 0 Å². The first-order chi connectivity index (χ1) is 9.25. The highest BCUT2D eigenvalue weighted by atomic mass is 32.1. The number of hydrogen-bond acceptors (Lipinski definition) is 4. The van der Waals surface area contributed by atoms with Crippen LogP contribution in [0.2, 0.25) is 0 Å². The molecule has 1 aliphatic carbocycles. The first-order valence-corrected chi connectivity index (χ1v) is 7.28. The number of carbonyl (C=O) groups is 1. The predicted molar refractivity (Wildman–Crippen MR) is 75.3 cm³/mol. The lowest BCUT2D eigenvalue weighted by Crippen LogP contribution is -2.24. The summed E-state index contributed by atoms with van der Waals surface area (Å²) in [4.78, 5) is 13.6. The Bertz CT molecular complexity index is 587. The highest BCUT2D eigenvalue weighted by molar-refractivity contribution is 7.16. The van der Waals surface area contributed by atoms with Gasteiger partial charge in [0.05, 0.1) is 23.4 Å². The van der Waals surface area contributed by atoms with Gasteiger partial charge in [0, 0.05) is 4.88 Å². The zero-order chi connectivity index (χ0) is 13.2. The van der Waals surface area contributed by atoms with Crippen LogP contribution in [0, 0.1) is 0 Å². The van der Waals surface area contributed by atoms with E-state index in [2.05, 4.69) is 5.32 Å². The number of amides is 1. The summed E-state index contributed by atoms with van der Waals surface area (Å²) in [5.41, 5.74) is 7.85. The van der Waals surface area contributed by atoms with Gasteiger partial charge in [-0.05, 0) is 43.4 Å². The molecule has 5 heteroatoms. The third kappa shape index (κ3) is 2.38. The van der Waals surface area contributed by atoms with E-state index in [0.29, 0.717) is 17.1 Å². The van der Waals surface area contributed by atoms with Crippen LogP contribution in [-0.4, -0.2) is 5.91 Å². The summed E-state index contributed by atoms with van der Waals surface area (Å²) in [6, 6.07) is 3.65. The van der Waals surface area contributed by atoms with E-state index in [4.69, 9.17) is 10.2 Å². The SMILES string of the molecule is Nc1sc2c(c1C(=O)NCc1ccco1)CCCC2. The number of furan rings is 1. The molecule has 2 aromatic rings. The molecule has 1 amide bonds. The molecular weight excluding hydrogens is 260 g/mol. The second kappa shape index (κ2) is 5.09. The van der Waals surface area contributed by atoms with E-state index < -0.39 is 0 Å². The first kappa shape index (κ1) is 12.3. The second-order valence-corrected chi connectivity index (χ2v) is 5.85. The summed E-state index contributed by atoms with van der Waals surface area (Å²) in [7, 11) is 0. The molecule has 0 bridgehead atoms. The molecule has 0 radical (unpaired) electrons. The van der Waals surface area contributed by atoms with Crippen LogP contribution in [0.25, 0.3) is 0 Å². The van der Waals surface area contributed by atoms with Crippen LogP contribution in [0.1, 0.15) is 39.4 Å². The second-order valence-electron chi connectivity index (χ2n) is 4.71. The molecule has 19 heavy (non-hydrogen) atoms. The van der Waals surface area contributed by atoms with Crippen molar-refractivity contribution in [1.82, 2.24) is 5.32 Å². The Labute approximate surface area is 115 Å². The van der Waals surface area contributed by atoms with E-state index >= 15 is 0 Å². The van der Waals surface area contributed by atoms with Gasteiger partial charge < -0.3 is 15.5 Å². The summed E-state index contributed by atoms with van der Waals surface area (Å²) in [6.45, 7) is 0.399. The van der Waals surface area contributed by atoms with Gasteiger partial charge in [0.1, 0.15) is 5.76 Å². The Kier molecular flexibility index (Phi) is 3.29. The van der Waals surface area contributed by atoms with Crippen LogP contribution < -0.4 is 11.1 Å². The summed E-state index contributed by atoms with van der Waals surface area (Å²) in [6.07, 6.45) is 5.95. The molecule has 3 N–H and O–H groups in total. The molecule has 2 aromatic heterocycles. The molecule has 0 aromatic carbocycles. The predicted octanol–water partition coefficient (Wildman–Crippen LogP) is 2.73. The topological polar surface area (TPSA) is 68.3 Å². The minimum Gasteiger partial charge on any atom is -0.467 e. The van der Waals surface area contributed by atoms with Crippen LogP contribution in [0.15, 0.2) is 22.8 Å². The Balaban J connectivity index is 1.78. The van der Waals surface area contributed by atoms with Gasteiger partial charge in [0.15, 0.2) is 0 Å². The van der Waals surface area contributed by atoms with Crippen molar-refractivity contribution in [2.45, 2.75) is 32.2 Å². The van der Waals surface area contributed by atoms with Crippen molar-refractivity contribution in [2.75, 3.05) is 5.73 Å². The average Bonchev–Trinajstić information content (AvgIpc) is 3.02. The Morgan fingerprint density at radius 2 is 2.26 bits per heavy atom. The van der Waals surface area contributed by atoms with Gasteiger partial charge in [0.25, 0.3) is 5.91 Å². The fourth-order valence-electron chi connectivity index (χ4n) is 2.51. The summed E-state index contributed by atoms with van der Waals surface area (Å²) >= 11 is 1.56. The molecule has 3 rings (SSSR count). The molecule has 0 spiro atoms. The molecule has 0 unspecified atom stereocenters. The number of carbonyl (C=O) groups excluding carboxylic acids is 1. The van der Waals surface area contributed by atoms with E-state index in [1.54, 1.807) is 17.6 Å². The molecule has 1 aliphatic rings. The number of anilines is 1. The molecule has 0 aliphatic heterocycles. The number of rotatable bonds is 3. The lowest BCUT2D eigenvalue weighted by atomic mass is 9.95. The summed E-state index contributed by atoms with van der Waals surface area (Å²) in [5.74, 6) is 0.657. The molecule has 0 saturated heterocycles. The number of thiophene rings is 1. The van der Waals surface area contributed by atoms with Crippen LogP contribution in [0.5, 0.6) is 0 Å². The van der Waals surface area contributed by atoms with E-state index in [0.717, 1.165) is 30.6 Å². The monoisotopic (exact) mass is 276 g/mol. The maximum Gasteiger partial charge on any atom is 0.254 e. The number of aryl methyl sites for hydroxylation is 1. The largest absolute Gasteiger partial charge is 0.467 e. The van der Waals surface area contributed by atoms with Gasteiger partial charge in [-0.2, -0.15) is 0 Å². The van der Waals surface area contributed by atoms with Crippen molar-refractivity contribution in [3.05, 3.63) is 40.2 Å². The van der Waals surface area contributed by atoms with E-state index in [9.17, 15) is 4.79 Å². The summed E-state index contributed by atoms with van der Waals surface area (Å²) in [5, 5.41) is 3.51. The first-order valence-electron chi connectivity index (χ1n) is 6.46. The van der Waals surface area contributed by atoms with Crippen molar-refractivity contribution in [3.63, 3.8) is 0 Å². The number of nitrogens with one attached hydrogen (secondary N) is 1. The fraction of sp³-hybridized carbons (Fsp3) is 0.357. The quantitative estimate of drug-likeness (QED) is 0.905. The third-order valence-electron chi connectivity index (χ3n) is 3.43. The zero-order valence-corrected chi connectivity index (χ0v) is 11.4. The van der Waals surface area contributed by atoms with Gasteiger partial charge in [-0.25, -0.2) is 0 Å². The molecule has 2 heterocycles.